The highest BCUT2D eigenvalue weighted by atomic mass is 16.5. The summed E-state index contributed by atoms with van der Waals surface area (Å²) in [6, 6.07) is 6.05. The molecule has 1 aromatic rings. The first-order valence-electron chi connectivity index (χ1n) is 6.57. The lowest BCUT2D eigenvalue weighted by molar-refractivity contribution is 0.0361. The van der Waals surface area contributed by atoms with Gasteiger partial charge >= 0.3 is 0 Å². The molecule has 17 heavy (non-hydrogen) atoms. The van der Waals surface area contributed by atoms with Gasteiger partial charge in [-0.2, -0.15) is 0 Å². The van der Waals surface area contributed by atoms with Gasteiger partial charge in [0.2, 0.25) is 0 Å². The summed E-state index contributed by atoms with van der Waals surface area (Å²) >= 11 is 0. The molecule has 0 radical (unpaired) electrons. The molecule has 3 atom stereocenters. The molecule has 1 aliphatic heterocycles. The average Bonchev–Trinajstić information content (AvgIpc) is 2.30. The molecular weight excluding hydrogens is 212 g/mol. The summed E-state index contributed by atoms with van der Waals surface area (Å²) in [6.07, 6.45) is 2.82. The summed E-state index contributed by atoms with van der Waals surface area (Å²) in [5.74, 6) is 1.37. The molecule has 1 aliphatic rings. The fourth-order valence-electron chi connectivity index (χ4n) is 2.58. The first-order valence-corrected chi connectivity index (χ1v) is 6.57. The van der Waals surface area contributed by atoms with E-state index < -0.39 is 0 Å². The molecule has 0 spiro atoms. The van der Waals surface area contributed by atoms with Crippen LogP contribution in [0.3, 0.4) is 0 Å². The van der Waals surface area contributed by atoms with Crippen LogP contribution in [-0.2, 0) is 0 Å². The second-order valence-electron chi connectivity index (χ2n) is 5.22. The monoisotopic (exact) mass is 234 g/mol. The van der Waals surface area contributed by atoms with E-state index in [2.05, 4.69) is 13.8 Å². The van der Waals surface area contributed by atoms with Gasteiger partial charge in [-0.15, -0.1) is 0 Å². The molecule has 0 aliphatic carbocycles. The zero-order chi connectivity index (χ0) is 12.4. The number of fused-ring (bicyclic) bond motifs is 1. The van der Waals surface area contributed by atoms with Crippen molar-refractivity contribution in [3.8, 4) is 5.75 Å². The van der Waals surface area contributed by atoms with E-state index in [1.807, 2.05) is 25.1 Å². The van der Waals surface area contributed by atoms with Crippen molar-refractivity contribution in [3.63, 3.8) is 0 Å². The third kappa shape index (κ3) is 2.63. The van der Waals surface area contributed by atoms with E-state index in [1.165, 1.54) is 5.56 Å². The summed E-state index contributed by atoms with van der Waals surface area (Å²) in [4.78, 5) is 0. The predicted molar refractivity (Wildman–Crippen MR) is 69.2 cm³/mol. The minimum absolute atomic E-state index is 0.153. The predicted octanol–water partition coefficient (Wildman–Crippen LogP) is 3.62. The Bertz CT molecular complexity index is 387. The highest BCUT2D eigenvalue weighted by molar-refractivity contribution is 5.40. The van der Waals surface area contributed by atoms with Crippen LogP contribution in [0.2, 0.25) is 0 Å². The number of aryl methyl sites for hydroxylation is 1. The van der Waals surface area contributed by atoms with E-state index in [0.29, 0.717) is 5.92 Å². The summed E-state index contributed by atoms with van der Waals surface area (Å²) in [5.41, 5.74) is 2.12. The molecule has 94 valence electrons. The maximum Gasteiger partial charge on any atom is 0.125 e. The topological polar surface area (TPSA) is 29.5 Å². The second kappa shape index (κ2) is 5.09. The van der Waals surface area contributed by atoms with Crippen LogP contribution in [0.4, 0.5) is 0 Å². The molecule has 2 heteroatoms. The molecule has 2 rings (SSSR count). The Morgan fingerprint density at radius 2 is 2.24 bits per heavy atom. The van der Waals surface area contributed by atoms with Gasteiger partial charge in [-0.3, -0.25) is 0 Å². The standard InChI is InChI=1S/C15H22O2/c1-4-5-11(3)15-9-13(16)12-8-10(2)6-7-14(12)17-15/h6-8,11,13,15-16H,4-5,9H2,1-3H3/t11?,13-,15?/m1/s1. The summed E-state index contributed by atoms with van der Waals surface area (Å²) in [5, 5.41) is 10.2. The van der Waals surface area contributed by atoms with Crippen molar-refractivity contribution in [2.75, 3.05) is 0 Å². The molecule has 0 aromatic heterocycles. The zero-order valence-corrected chi connectivity index (χ0v) is 10.9. The summed E-state index contributed by atoms with van der Waals surface area (Å²) in [7, 11) is 0. The minimum Gasteiger partial charge on any atom is -0.490 e. The lowest BCUT2D eigenvalue weighted by Crippen LogP contribution is -2.31. The molecule has 0 amide bonds. The van der Waals surface area contributed by atoms with E-state index in [9.17, 15) is 5.11 Å². The second-order valence-corrected chi connectivity index (χ2v) is 5.22. The van der Waals surface area contributed by atoms with Crippen molar-refractivity contribution in [2.45, 2.75) is 52.2 Å². The fourth-order valence-corrected chi connectivity index (χ4v) is 2.58. The smallest absolute Gasteiger partial charge is 0.125 e. The van der Waals surface area contributed by atoms with Crippen molar-refractivity contribution in [3.05, 3.63) is 29.3 Å². The Morgan fingerprint density at radius 1 is 1.47 bits per heavy atom. The lowest BCUT2D eigenvalue weighted by Gasteiger charge is -2.33. The number of hydrogen-bond donors (Lipinski definition) is 1. The molecule has 0 saturated carbocycles. The summed E-state index contributed by atoms with van der Waals surface area (Å²) in [6.45, 7) is 6.44. The van der Waals surface area contributed by atoms with Crippen LogP contribution in [0.5, 0.6) is 5.75 Å². The van der Waals surface area contributed by atoms with Crippen LogP contribution in [-0.4, -0.2) is 11.2 Å². The van der Waals surface area contributed by atoms with Gasteiger partial charge < -0.3 is 9.84 Å². The van der Waals surface area contributed by atoms with Gasteiger partial charge in [-0.25, -0.2) is 0 Å². The number of benzene rings is 1. The minimum atomic E-state index is -0.372. The molecule has 2 unspecified atom stereocenters. The van der Waals surface area contributed by atoms with E-state index in [-0.39, 0.29) is 12.2 Å². The first kappa shape index (κ1) is 12.4. The van der Waals surface area contributed by atoms with Crippen LogP contribution in [0.1, 0.15) is 50.3 Å². The van der Waals surface area contributed by atoms with Crippen LogP contribution in [0.25, 0.3) is 0 Å². The molecule has 1 aromatic carbocycles. The molecule has 0 bridgehead atoms. The Labute approximate surface area is 104 Å². The Balaban J connectivity index is 2.18. The van der Waals surface area contributed by atoms with Crippen LogP contribution < -0.4 is 4.74 Å². The number of aliphatic hydroxyl groups is 1. The summed E-state index contributed by atoms with van der Waals surface area (Å²) < 4.78 is 6.01. The molecular formula is C15H22O2. The van der Waals surface area contributed by atoms with Crippen molar-refractivity contribution in [1.82, 2.24) is 0 Å². The Kier molecular flexibility index (Phi) is 3.72. The molecule has 1 heterocycles. The maximum absolute atomic E-state index is 10.2. The number of ether oxygens (including phenoxy) is 1. The van der Waals surface area contributed by atoms with Gasteiger partial charge in [0.15, 0.2) is 0 Å². The van der Waals surface area contributed by atoms with Gasteiger partial charge in [-0.1, -0.05) is 31.9 Å². The number of aliphatic hydroxyl groups excluding tert-OH is 1. The average molecular weight is 234 g/mol. The van der Waals surface area contributed by atoms with Gasteiger partial charge in [-0.05, 0) is 31.4 Å². The van der Waals surface area contributed by atoms with Gasteiger partial charge in [0, 0.05) is 12.0 Å². The van der Waals surface area contributed by atoms with Crippen molar-refractivity contribution >= 4 is 0 Å². The van der Waals surface area contributed by atoms with Crippen LogP contribution >= 0.6 is 0 Å². The van der Waals surface area contributed by atoms with Crippen molar-refractivity contribution in [2.24, 2.45) is 5.92 Å². The third-order valence-electron chi connectivity index (χ3n) is 3.64. The number of hydrogen-bond acceptors (Lipinski definition) is 2. The van der Waals surface area contributed by atoms with Crippen LogP contribution in [0, 0.1) is 12.8 Å². The Hall–Kier alpha value is -1.02. The molecule has 0 fully saturated rings. The fraction of sp³-hybridized carbons (Fsp3) is 0.600. The maximum atomic E-state index is 10.2. The van der Waals surface area contributed by atoms with Gasteiger partial charge in [0.1, 0.15) is 11.9 Å². The molecule has 1 N–H and O–H groups in total. The van der Waals surface area contributed by atoms with Crippen molar-refractivity contribution < 1.29 is 9.84 Å². The van der Waals surface area contributed by atoms with Crippen molar-refractivity contribution in [1.29, 1.82) is 0 Å². The zero-order valence-electron chi connectivity index (χ0n) is 10.9. The third-order valence-corrected chi connectivity index (χ3v) is 3.64. The Morgan fingerprint density at radius 3 is 2.94 bits per heavy atom. The molecule has 2 nitrogen and oxygen atoms in total. The van der Waals surface area contributed by atoms with E-state index >= 15 is 0 Å². The van der Waals surface area contributed by atoms with E-state index in [1.54, 1.807) is 0 Å². The highest BCUT2D eigenvalue weighted by Crippen LogP contribution is 2.37. The molecule has 0 saturated heterocycles. The van der Waals surface area contributed by atoms with Gasteiger partial charge in [0.05, 0.1) is 6.10 Å². The van der Waals surface area contributed by atoms with Gasteiger partial charge in [0.25, 0.3) is 0 Å². The van der Waals surface area contributed by atoms with E-state index in [0.717, 1.165) is 30.6 Å². The first-order chi connectivity index (χ1) is 8.11. The normalized spacial score (nSPS) is 24.9. The SMILES string of the molecule is CCCC(C)C1C[C@@H](O)c2cc(C)ccc2O1. The van der Waals surface area contributed by atoms with Crippen LogP contribution in [0.15, 0.2) is 18.2 Å². The highest BCUT2D eigenvalue weighted by Gasteiger charge is 2.29. The number of rotatable bonds is 3. The quantitative estimate of drug-likeness (QED) is 0.865. The van der Waals surface area contributed by atoms with E-state index in [4.69, 9.17) is 4.74 Å². The lowest BCUT2D eigenvalue weighted by atomic mass is 9.89. The largest absolute Gasteiger partial charge is 0.490 e.